The third kappa shape index (κ3) is 3.57. The average molecular weight is 368 g/mol. The first-order valence-corrected chi connectivity index (χ1v) is 7.83. The Balaban J connectivity index is 2.40. The quantitative estimate of drug-likeness (QED) is 0.793. The Morgan fingerprint density at radius 3 is 2.62 bits per heavy atom. The monoisotopic (exact) mass is 366 g/mol. The van der Waals surface area contributed by atoms with Crippen LogP contribution in [0.1, 0.15) is 23.7 Å². The van der Waals surface area contributed by atoms with Gasteiger partial charge in [-0.2, -0.15) is 0 Å². The first-order chi connectivity index (χ1) is 10.0. The number of benzene rings is 2. The molecule has 2 rings (SSSR count). The minimum atomic E-state index is -0.107. The van der Waals surface area contributed by atoms with Gasteiger partial charge < -0.3 is 10.6 Å². The molecule has 0 unspecified atom stereocenters. The summed E-state index contributed by atoms with van der Waals surface area (Å²) in [7, 11) is 0. The van der Waals surface area contributed by atoms with Crippen LogP contribution in [0, 0.1) is 0 Å². The second-order valence-corrected chi connectivity index (χ2v) is 5.91. The van der Waals surface area contributed by atoms with Crippen LogP contribution < -0.4 is 10.6 Å². The highest BCUT2D eigenvalue weighted by Crippen LogP contribution is 2.27. The van der Waals surface area contributed by atoms with Crippen LogP contribution >= 0.6 is 27.5 Å². The van der Waals surface area contributed by atoms with Gasteiger partial charge in [0.15, 0.2) is 0 Å². The number of amides is 1. The van der Waals surface area contributed by atoms with Crippen LogP contribution in [0.4, 0.5) is 11.4 Å². The van der Waals surface area contributed by atoms with Crippen LogP contribution in [-0.2, 0) is 0 Å². The molecule has 5 heteroatoms. The predicted molar refractivity (Wildman–Crippen MR) is 92.0 cm³/mol. The zero-order chi connectivity index (χ0) is 15.4. The van der Waals surface area contributed by atoms with Gasteiger partial charge >= 0.3 is 0 Å². The number of nitrogens with zero attached hydrogens (tertiary/aromatic N) is 1. The fourth-order valence-electron chi connectivity index (χ4n) is 2.07. The Morgan fingerprint density at radius 1 is 1.29 bits per heavy atom. The van der Waals surface area contributed by atoms with Crippen molar-refractivity contribution in [1.82, 2.24) is 0 Å². The van der Waals surface area contributed by atoms with Crippen LogP contribution in [0.5, 0.6) is 0 Å². The molecule has 1 amide bonds. The molecule has 0 aliphatic heterocycles. The van der Waals surface area contributed by atoms with Crippen LogP contribution in [-0.4, -0.2) is 12.5 Å². The topological polar surface area (TPSA) is 46.3 Å². The number of nitrogens with two attached hydrogens (primary N) is 1. The van der Waals surface area contributed by atoms with Gasteiger partial charge in [0.05, 0.1) is 16.4 Å². The summed E-state index contributed by atoms with van der Waals surface area (Å²) in [5.41, 5.74) is 7.85. The van der Waals surface area contributed by atoms with Crippen molar-refractivity contribution in [3.05, 3.63) is 57.5 Å². The molecule has 110 valence electrons. The lowest BCUT2D eigenvalue weighted by molar-refractivity contribution is 0.0987. The molecule has 2 aromatic rings. The average Bonchev–Trinajstić information content (AvgIpc) is 2.48. The number of carbonyl (C=O) groups excluding carboxylic acids is 1. The molecular weight excluding hydrogens is 352 g/mol. The Hall–Kier alpha value is -1.52. The lowest BCUT2D eigenvalue weighted by atomic mass is 10.1. The van der Waals surface area contributed by atoms with Crippen molar-refractivity contribution in [1.29, 1.82) is 0 Å². The highest BCUT2D eigenvalue weighted by molar-refractivity contribution is 9.10. The predicted octanol–water partition coefficient (Wildman–Crippen LogP) is 4.74. The van der Waals surface area contributed by atoms with Gasteiger partial charge in [0.1, 0.15) is 0 Å². The maximum Gasteiger partial charge on any atom is 0.258 e. The van der Waals surface area contributed by atoms with E-state index in [9.17, 15) is 4.79 Å². The number of halogens is 2. The summed E-state index contributed by atoms with van der Waals surface area (Å²) in [6.07, 6.45) is 0.838. The number of hydrogen-bond donors (Lipinski definition) is 1. The highest BCUT2D eigenvalue weighted by Gasteiger charge is 2.19. The Kier molecular flexibility index (Phi) is 5.26. The Bertz CT molecular complexity index is 660. The molecule has 0 saturated carbocycles. The van der Waals surface area contributed by atoms with Crippen molar-refractivity contribution in [2.24, 2.45) is 0 Å². The molecule has 21 heavy (non-hydrogen) atoms. The van der Waals surface area contributed by atoms with E-state index in [2.05, 4.69) is 15.9 Å². The van der Waals surface area contributed by atoms with Gasteiger partial charge in [-0.25, -0.2) is 0 Å². The molecule has 3 nitrogen and oxygen atoms in total. The second-order valence-electron chi connectivity index (χ2n) is 4.64. The van der Waals surface area contributed by atoms with Gasteiger partial charge in [0, 0.05) is 16.6 Å². The van der Waals surface area contributed by atoms with Crippen molar-refractivity contribution < 1.29 is 4.79 Å². The molecule has 0 spiro atoms. The lowest BCUT2D eigenvalue weighted by Gasteiger charge is -2.24. The molecule has 2 aromatic carbocycles. The number of nitrogen functional groups attached to an aromatic ring is 1. The number of para-hydroxylation sites is 2. The van der Waals surface area contributed by atoms with Gasteiger partial charge in [-0.05, 0) is 52.7 Å². The zero-order valence-electron chi connectivity index (χ0n) is 11.6. The van der Waals surface area contributed by atoms with Crippen LogP contribution in [0.2, 0.25) is 5.02 Å². The first kappa shape index (κ1) is 15.9. The molecule has 0 radical (unpaired) electrons. The van der Waals surface area contributed by atoms with Crippen LogP contribution in [0.25, 0.3) is 0 Å². The summed E-state index contributed by atoms with van der Waals surface area (Å²) < 4.78 is 0.766. The van der Waals surface area contributed by atoms with E-state index < -0.39 is 0 Å². The Labute approximate surface area is 137 Å². The van der Waals surface area contributed by atoms with E-state index in [0.29, 0.717) is 22.8 Å². The molecular formula is C16H16BrClN2O. The molecule has 0 saturated heterocycles. The smallest absolute Gasteiger partial charge is 0.258 e. The van der Waals surface area contributed by atoms with Gasteiger partial charge in [-0.3, -0.25) is 4.79 Å². The standard InChI is InChI=1S/C16H16BrClN2O/c1-2-9-20(15-6-4-3-5-14(15)19)16(21)11-7-8-12(17)13(18)10-11/h3-8,10H,2,9,19H2,1H3. The van der Waals surface area contributed by atoms with E-state index in [1.54, 1.807) is 29.2 Å². The fourth-order valence-corrected chi connectivity index (χ4v) is 2.50. The van der Waals surface area contributed by atoms with Crippen molar-refractivity contribution in [2.45, 2.75) is 13.3 Å². The van der Waals surface area contributed by atoms with E-state index in [4.69, 9.17) is 17.3 Å². The first-order valence-electron chi connectivity index (χ1n) is 6.66. The number of rotatable bonds is 4. The van der Waals surface area contributed by atoms with E-state index in [0.717, 1.165) is 16.6 Å². The third-order valence-corrected chi connectivity index (χ3v) is 4.32. The molecule has 2 N–H and O–H groups in total. The summed E-state index contributed by atoms with van der Waals surface area (Å²) in [5.74, 6) is -0.107. The molecule has 0 aliphatic carbocycles. The van der Waals surface area contributed by atoms with E-state index in [1.165, 1.54) is 0 Å². The van der Waals surface area contributed by atoms with E-state index >= 15 is 0 Å². The van der Waals surface area contributed by atoms with Gasteiger partial charge in [-0.1, -0.05) is 30.7 Å². The number of carbonyl (C=O) groups is 1. The normalized spacial score (nSPS) is 10.4. The lowest BCUT2D eigenvalue weighted by Crippen LogP contribution is -2.32. The summed E-state index contributed by atoms with van der Waals surface area (Å²) in [6, 6.07) is 12.5. The minimum Gasteiger partial charge on any atom is -0.397 e. The number of anilines is 2. The van der Waals surface area contributed by atoms with E-state index in [-0.39, 0.29) is 5.91 Å². The molecule has 0 bridgehead atoms. The molecule has 0 aromatic heterocycles. The summed E-state index contributed by atoms with van der Waals surface area (Å²) in [4.78, 5) is 14.4. The maximum atomic E-state index is 12.7. The molecule has 0 fully saturated rings. The van der Waals surface area contributed by atoms with E-state index in [1.807, 2.05) is 25.1 Å². The summed E-state index contributed by atoms with van der Waals surface area (Å²) in [6.45, 7) is 2.62. The van der Waals surface area contributed by atoms with Crippen LogP contribution in [0.3, 0.4) is 0 Å². The largest absolute Gasteiger partial charge is 0.397 e. The summed E-state index contributed by atoms with van der Waals surface area (Å²) >= 11 is 9.40. The number of hydrogen-bond acceptors (Lipinski definition) is 2. The Morgan fingerprint density at radius 2 is 2.00 bits per heavy atom. The highest BCUT2D eigenvalue weighted by atomic mass is 79.9. The van der Waals surface area contributed by atoms with Crippen molar-refractivity contribution in [2.75, 3.05) is 17.2 Å². The fraction of sp³-hybridized carbons (Fsp3) is 0.188. The molecule has 0 aliphatic rings. The van der Waals surface area contributed by atoms with Crippen molar-refractivity contribution in [3.63, 3.8) is 0 Å². The zero-order valence-corrected chi connectivity index (χ0v) is 14.0. The van der Waals surface area contributed by atoms with Crippen LogP contribution in [0.15, 0.2) is 46.9 Å². The SMILES string of the molecule is CCCN(C(=O)c1ccc(Br)c(Cl)c1)c1ccccc1N. The second kappa shape index (κ2) is 6.96. The van der Waals surface area contributed by atoms with Gasteiger partial charge in [-0.15, -0.1) is 0 Å². The van der Waals surface area contributed by atoms with Crippen molar-refractivity contribution in [3.8, 4) is 0 Å². The molecule has 0 heterocycles. The van der Waals surface area contributed by atoms with Crippen molar-refractivity contribution >= 4 is 44.8 Å². The van der Waals surface area contributed by atoms with Gasteiger partial charge in [0.2, 0.25) is 0 Å². The van der Waals surface area contributed by atoms with Gasteiger partial charge in [0.25, 0.3) is 5.91 Å². The third-order valence-electron chi connectivity index (χ3n) is 3.09. The summed E-state index contributed by atoms with van der Waals surface area (Å²) in [5, 5.41) is 0.512. The minimum absolute atomic E-state index is 0.107. The molecule has 0 atom stereocenters. The maximum absolute atomic E-state index is 12.7.